The average Bonchev–Trinajstić information content (AvgIpc) is 3.10. The molecule has 1 heterocycles. The second kappa shape index (κ2) is 8.73. The van der Waals surface area contributed by atoms with Crippen LogP contribution in [0.3, 0.4) is 0 Å². The Labute approximate surface area is 143 Å². The molecular weight excluding hydrogens is 383 g/mol. The lowest BCUT2D eigenvalue weighted by Gasteiger charge is -2.02. The molecule has 3 rings (SSSR count). The highest BCUT2D eigenvalue weighted by atomic mass is 127. The molecule has 0 radical (unpaired) electrons. The normalized spacial score (nSPS) is 10.2. The molecule has 2 aromatic carbocycles. The predicted molar refractivity (Wildman–Crippen MR) is 86.7 cm³/mol. The summed E-state index contributed by atoms with van der Waals surface area (Å²) in [5.74, 6) is 0.627. The Kier molecular flexibility index (Phi) is 6.65. The van der Waals surface area contributed by atoms with Gasteiger partial charge in [-0.15, -0.1) is 0 Å². The predicted octanol–water partition coefficient (Wildman–Crippen LogP) is 1.29. The summed E-state index contributed by atoms with van der Waals surface area (Å²) in [6.45, 7) is 6.62. The van der Waals surface area contributed by atoms with E-state index in [2.05, 4.69) is 79.3 Å². The van der Waals surface area contributed by atoms with E-state index < -0.39 is 0 Å². The highest BCUT2D eigenvalue weighted by Crippen LogP contribution is 2.12. The summed E-state index contributed by atoms with van der Waals surface area (Å²) in [5, 5.41) is 0. The van der Waals surface area contributed by atoms with Crippen molar-refractivity contribution in [1.29, 1.82) is 0 Å². The standard InChI is InChI=1S/C16H18I.C3H3N2/c1-12(2)14-6-10-16(11-7-14)17-15-8-4-13(3)5-9-15;1-2-5-3-4-1/h4-12H,1-3H3;1-3H/q+1;-1. The monoisotopic (exact) mass is 404 g/mol. The molecule has 114 valence electrons. The molecule has 0 fully saturated rings. The summed E-state index contributed by atoms with van der Waals surface area (Å²) in [6.07, 6.45) is 4.78. The number of hydrogen-bond donors (Lipinski definition) is 0. The SMILES string of the molecule is Cc1ccc([I+]c2ccc(C(C)C)cc2)cc1.c1c[n-]cn1. The van der Waals surface area contributed by atoms with Crippen LogP contribution in [-0.2, 0) is 0 Å². The van der Waals surface area contributed by atoms with Gasteiger partial charge >= 0.3 is 21.2 Å². The number of aromatic nitrogens is 2. The Bertz CT molecular complexity index is 624. The van der Waals surface area contributed by atoms with Gasteiger partial charge in [0, 0.05) is 0 Å². The molecule has 0 aliphatic rings. The summed E-state index contributed by atoms with van der Waals surface area (Å²) in [6, 6.07) is 18.1. The van der Waals surface area contributed by atoms with Crippen LogP contribution in [0, 0.1) is 14.1 Å². The Morgan fingerprint density at radius 2 is 1.50 bits per heavy atom. The summed E-state index contributed by atoms with van der Waals surface area (Å²) in [7, 11) is 0. The third-order valence-electron chi connectivity index (χ3n) is 3.14. The molecule has 0 N–H and O–H groups in total. The molecule has 0 saturated carbocycles. The van der Waals surface area contributed by atoms with Gasteiger partial charge in [-0.3, -0.25) is 0 Å². The lowest BCUT2D eigenvalue weighted by molar-refractivity contribution is -0.597. The maximum atomic E-state index is 3.61. The van der Waals surface area contributed by atoms with Crippen molar-refractivity contribution in [3.05, 3.63) is 85.5 Å². The van der Waals surface area contributed by atoms with Crippen molar-refractivity contribution in [2.45, 2.75) is 26.7 Å². The smallest absolute Gasteiger partial charge is 0.357 e. The van der Waals surface area contributed by atoms with E-state index in [-0.39, 0.29) is 21.2 Å². The zero-order valence-electron chi connectivity index (χ0n) is 13.2. The molecule has 0 saturated heterocycles. The van der Waals surface area contributed by atoms with Crippen LogP contribution in [0.25, 0.3) is 0 Å². The Hall–Kier alpha value is -1.62. The zero-order chi connectivity index (χ0) is 15.8. The lowest BCUT2D eigenvalue weighted by Crippen LogP contribution is -3.61. The third-order valence-corrected chi connectivity index (χ3v) is 5.82. The molecule has 0 amide bonds. The summed E-state index contributed by atoms with van der Waals surface area (Å²) in [4.78, 5) is 7.22. The maximum Gasteiger partial charge on any atom is 0.357 e. The van der Waals surface area contributed by atoms with Gasteiger partial charge in [0.05, 0.1) is 0 Å². The molecule has 3 aromatic rings. The Morgan fingerprint density at radius 1 is 0.909 bits per heavy atom. The van der Waals surface area contributed by atoms with Crippen molar-refractivity contribution < 1.29 is 21.2 Å². The highest BCUT2D eigenvalue weighted by Gasteiger charge is 2.14. The quantitative estimate of drug-likeness (QED) is 0.616. The van der Waals surface area contributed by atoms with Crippen molar-refractivity contribution >= 4 is 0 Å². The topological polar surface area (TPSA) is 27.0 Å². The van der Waals surface area contributed by atoms with Gasteiger partial charge in [0.1, 0.15) is 0 Å². The van der Waals surface area contributed by atoms with Gasteiger partial charge in [-0.1, -0.05) is 62.4 Å². The van der Waals surface area contributed by atoms with E-state index in [0.717, 1.165) is 0 Å². The van der Waals surface area contributed by atoms with E-state index in [0.29, 0.717) is 5.92 Å². The molecule has 1 aromatic heterocycles. The van der Waals surface area contributed by atoms with Crippen LogP contribution in [0.5, 0.6) is 0 Å². The molecule has 3 heteroatoms. The van der Waals surface area contributed by atoms with E-state index in [4.69, 9.17) is 0 Å². The molecule has 0 unspecified atom stereocenters. The van der Waals surface area contributed by atoms with Gasteiger partial charge in [-0.05, 0) is 42.7 Å². The minimum Gasteiger partial charge on any atom is -0.450 e. The average molecular weight is 404 g/mol. The number of aryl methyl sites for hydroxylation is 1. The van der Waals surface area contributed by atoms with Gasteiger partial charge in [-0.25, -0.2) is 0 Å². The van der Waals surface area contributed by atoms with E-state index in [1.54, 1.807) is 12.4 Å². The molecule has 0 spiro atoms. The van der Waals surface area contributed by atoms with Crippen LogP contribution in [0.4, 0.5) is 0 Å². The minimum absolute atomic E-state index is 0.0167. The van der Waals surface area contributed by atoms with Crippen LogP contribution in [-0.4, -0.2) is 4.98 Å². The van der Waals surface area contributed by atoms with Crippen molar-refractivity contribution in [3.63, 3.8) is 0 Å². The number of benzene rings is 2. The molecule has 22 heavy (non-hydrogen) atoms. The molecule has 0 aliphatic heterocycles. The van der Waals surface area contributed by atoms with Gasteiger partial charge in [0.2, 0.25) is 0 Å². The maximum absolute atomic E-state index is 3.61. The zero-order valence-corrected chi connectivity index (χ0v) is 15.4. The van der Waals surface area contributed by atoms with E-state index >= 15 is 0 Å². The number of nitrogens with zero attached hydrogens (tertiary/aromatic N) is 2. The fourth-order valence-corrected chi connectivity index (χ4v) is 3.98. The van der Waals surface area contributed by atoms with Crippen molar-refractivity contribution in [3.8, 4) is 0 Å². The number of halogens is 1. The van der Waals surface area contributed by atoms with Crippen LogP contribution in [0.1, 0.15) is 30.9 Å². The van der Waals surface area contributed by atoms with E-state index in [1.807, 2.05) is 0 Å². The molecule has 0 bridgehead atoms. The van der Waals surface area contributed by atoms with Crippen molar-refractivity contribution in [2.24, 2.45) is 0 Å². The first-order valence-electron chi connectivity index (χ1n) is 7.33. The van der Waals surface area contributed by atoms with Crippen LogP contribution in [0.2, 0.25) is 0 Å². The van der Waals surface area contributed by atoms with Gasteiger partial charge in [-0.2, -0.15) is 0 Å². The van der Waals surface area contributed by atoms with Gasteiger partial charge in [0.25, 0.3) is 0 Å². The second-order valence-corrected chi connectivity index (χ2v) is 8.34. The van der Waals surface area contributed by atoms with Crippen molar-refractivity contribution in [1.82, 2.24) is 9.97 Å². The molecule has 0 atom stereocenters. The highest BCUT2D eigenvalue weighted by molar-refractivity contribution is 5.18. The van der Waals surface area contributed by atoms with Crippen LogP contribution < -0.4 is 26.2 Å². The molecule has 2 nitrogen and oxygen atoms in total. The first kappa shape index (κ1) is 16.7. The third kappa shape index (κ3) is 5.64. The summed E-state index contributed by atoms with van der Waals surface area (Å²) in [5.41, 5.74) is 2.77. The number of imidazole rings is 1. The number of hydrogen-bond acceptors (Lipinski definition) is 1. The number of rotatable bonds is 3. The second-order valence-electron chi connectivity index (χ2n) is 5.31. The summed E-state index contributed by atoms with van der Waals surface area (Å²) >= 11 is -0.0167. The molecule has 0 aliphatic carbocycles. The first-order valence-corrected chi connectivity index (χ1v) is 9.49. The van der Waals surface area contributed by atoms with Gasteiger partial charge in [0.15, 0.2) is 7.14 Å². The van der Waals surface area contributed by atoms with E-state index in [1.165, 1.54) is 24.6 Å². The summed E-state index contributed by atoms with van der Waals surface area (Å²) < 4.78 is 2.99. The fourth-order valence-electron chi connectivity index (χ4n) is 1.83. The van der Waals surface area contributed by atoms with Crippen LogP contribution in [0.15, 0.2) is 67.3 Å². The molecular formula is C19H21IN2. The largest absolute Gasteiger partial charge is 0.450 e. The lowest BCUT2D eigenvalue weighted by atomic mass is 10.0. The minimum atomic E-state index is -0.0167. The fraction of sp³-hybridized carbons (Fsp3) is 0.211. The van der Waals surface area contributed by atoms with Gasteiger partial charge < -0.3 is 9.97 Å². The Balaban J connectivity index is 0.000000299. The van der Waals surface area contributed by atoms with Crippen molar-refractivity contribution in [2.75, 3.05) is 0 Å². The van der Waals surface area contributed by atoms with Crippen LogP contribution >= 0.6 is 0 Å². The Morgan fingerprint density at radius 3 is 1.91 bits per heavy atom. The van der Waals surface area contributed by atoms with E-state index in [9.17, 15) is 0 Å². The first-order chi connectivity index (χ1) is 10.6.